The summed E-state index contributed by atoms with van der Waals surface area (Å²) in [6.07, 6.45) is 1.99. The summed E-state index contributed by atoms with van der Waals surface area (Å²) in [5.74, 6) is -0.460. The number of alkyl halides is 4. The highest BCUT2D eigenvalue weighted by molar-refractivity contribution is 5.85. The van der Waals surface area contributed by atoms with E-state index in [1.165, 1.54) is 12.1 Å². The third-order valence-corrected chi connectivity index (χ3v) is 10.4. The van der Waals surface area contributed by atoms with Crippen LogP contribution in [0.25, 0.3) is 56.2 Å². The zero-order valence-corrected chi connectivity index (χ0v) is 30.6. The van der Waals surface area contributed by atoms with E-state index in [0.29, 0.717) is 84.0 Å². The number of carboxylic acids is 1. The molecular formula is C41H38F4N4O7. The highest BCUT2D eigenvalue weighted by Crippen LogP contribution is 2.40. The van der Waals surface area contributed by atoms with E-state index in [4.69, 9.17) is 33.0 Å². The summed E-state index contributed by atoms with van der Waals surface area (Å²) in [4.78, 5) is 25.0. The van der Waals surface area contributed by atoms with Crippen LogP contribution in [0.1, 0.15) is 41.5 Å². The first-order chi connectivity index (χ1) is 27.0. The summed E-state index contributed by atoms with van der Waals surface area (Å²) in [6.45, 7) is 0.545. The minimum absolute atomic E-state index is 0.0188. The predicted molar refractivity (Wildman–Crippen MR) is 198 cm³/mol. The van der Waals surface area contributed by atoms with Gasteiger partial charge < -0.3 is 28.2 Å². The Morgan fingerprint density at radius 2 is 1.32 bits per heavy atom. The van der Waals surface area contributed by atoms with Gasteiger partial charge in [-0.3, -0.25) is 14.6 Å². The first-order valence-corrected chi connectivity index (χ1v) is 18.3. The molecule has 2 saturated heterocycles. The Labute approximate surface area is 318 Å². The molecule has 0 aliphatic carbocycles. The molecule has 1 atom stereocenters. The Kier molecular flexibility index (Phi) is 10.4. The van der Waals surface area contributed by atoms with Gasteiger partial charge in [0.2, 0.25) is 11.8 Å². The number of ether oxygens (including phenoxy) is 3. The molecule has 0 unspecified atom stereocenters. The Bertz CT molecular complexity index is 2410. The molecule has 0 bridgehead atoms. The third-order valence-electron chi connectivity index (χ3n) is 10.4. The van der Waals surface area contributed by atoms with Gasteiger partial charge in [0.1, 0.15) is 28.6 Å². The van der Waals surface area contributed by atoms with Gasteiger partial charge >= 0.3 is 19.2 Å². The van der Waals surface area contributed by atoms with Crippen molar-refractivity contribution in [2.45, 2.75) is 65.5 Å². The first kappa shape index (κ1) is 37.4. The van der Waals surface area contributed by atoms with Crippen LogP contribution in [-0.2, 0) is 22.6 Å². The zero-order chi connectivity index (χ0) is 39.1. The largest absolute Gasteiger partial charge is 0.480 e. The van der Waals surface area contributed by atoms with E-state index in [1.54, 1.807) is 17.0 Å². The normalized spacial score (nSPS) is 16.8. The van der Waals surface area contributed by atoms with E-state index in [9.17, 15) is 27.5 Å². The lowest BCUT2D eigenvalue weighted by atomic mass is 9.91. The van der Waals surface area contributed by atoms with E-state index >= 15 is 0 Å². The SMILES string of the molecule is Cc1c(-c2nc3cc(CN4CCCOC4)c(OC(F)F)cc3o2)cccc1-c1cccc(-c2nc3cc(CN4CCC[C@H]4C(=O)O)c(OC(F)F)cc3o2)c1C. The molecule has 1 N–H and O–H groups in total. The predicted octanol–water partition coefficient (Wildman–Crippen LogP) is 9.02. The van der Waals surface area contributed by atoms with Crippen LogP contribution in [0.5, 0.6) is 11.5 Å². The smallest absolute Gasteiger partial charge is 0.387 e. The van der Waals surface area contributed by atoms with Crippen molar-refractivity contribution in [3.63, 3.8) is 0 Å². The number of hydrogen-bond donors (Lipinski definition) is 1. The fraction of sp³-hybridized carbons (Fsp3) is 0.341. The Balaban J connectivity index is 1.12. The van der Waals surface area contributed by atoms with Crippen LogP contribution in [0.4, 0.5) is 17.6 Å². The van der Waals surface area contributed by atoms with Crippen LogP contribution in [0.15, 0.2) is 69.5 Å². The number of oxazole rings is 2. The van der Waals surface area contributed by atoms with Crippen molar-refractivity contribution in [3.8, 4) is 45.5 Å². The summed E-state index contributed by atoms with van der Waals surface area (Å²) < 4.78 is 81.5. The van der Waals surface area contributed by atoms with Crippen molar-refractivity contribution in [1.82, 2.24) is 19.8 Å². The van der Waals surface area contributed by atoms with Crippen LogP contribution < -0.4 is 9.47 Å². The van der Waals surface area contributed by atoms with Gasteiger partial charge in [0.05, 0.1) is 6.73 Å². The second kappa shape index (κ2) is 15.6. The number of nitrogens with zero attached hydrogens (tertiary/aromatic N) is 4. The molecule has 2 aliphatic rings. The van der Waals surface area contributed by atoms with Crippen LogP contribution >= 0.6 is 0 Å². The molecule has 11 nitrogen and oxygen atoms in total. The summed E-state index contributed by atoms with van der Waals surface area (Å²) in [5.41, 5.74) is 7.20. The number of benzene rings is 4. The minimum Gasteiger partial charge on any atom is -0.480 e. The van der Waals surface area contributed by atoms with Gasteiger partial charge in [-0.2, -0.15) is 17.6 Å². The fourth-order valence-corrected chi connectivity index (χ4v) is 7.73. The topological polar surface area (TPSA) is 124 Å². The number of halogens is 4. The van der Waals surface area contributed by atoms with Gasteiger partial charge in [-0.05, 0) is 86.2 Å². The van der Waals surface area contributed by atoms with Crippen LogP contribution in [-0.4, -0.2) is 76.5 Å². The molecule has 2 aliphatic heterocycles. The maximum Gasteiger partial charge on any atom is 0.387 e. The molecule has 0 radical (unpaired) electrons. The monoisotopic (exact) mass is 774 g/mol. The molecule has 292 valence electrons. The Morgan fingerprint density at radius 1 is 0.786 bits per heavy atom. The number of aliphatic carboxylic acids is 1. The molecule has 15 heteroatoms. The number of hydrogen-bond acceptors (Lipinski definition) is 10. The average molecular weight is 775 g/mol. The lowest BCUT2D eigenvalue weighted by Crippen LogP contribution is -2.35. The molecule has 2 fully saturated rings. The number of rotatable bonds is 12. The molecule has 0 saturated carbocycles. The van der Waals surface area contributed by atoms with E-state index in [2.05, 4.69) is 0 Å². The standard InChI is InChI=1S/C41H38F4N4O7/c1-22-26(7-3-9-28(22)37-46-30-15-24(19-48-12-6-14-52-21-48)33(55-40(42)43)17-35(30)53-37)27-8-4-10-29(23(27)2)38-47-31-16-25(20-49-13-5-11-32(49)39(50)51)34(56-41(44)45)18-36(31)54-38/h3-4,7-10,15-18,32,40-41H,5-6,11-14,19-21H2,1-2H3,(H,50,51)/t32-/m0/s1. The van der Waals surface area contributed by atoms with Gasteiger partial charge in [-0.15, -0.1) is 0 Å². The van der Waals surface area contributed by atoms with Crippen molar-refractivity contribution in [1.29, 1.82) is 0 Å². The fourth-order valence-electron chi connectivity index (χ4n) is 7.73. The number of fused-ring (bicyclic) bond motifs is 2. The summed E-state index contributed by atoms with van der Waals surface area (Å²) in [6, 6.07) is 16.9. The lowest BCUT2D eigenvalue weighted by Gasteiger charge is -2.27. The van der Waals surface area contributed by atoms with Crippen molar-refractivity contribution in [3.05, 3.63) is 82.9 Å². The third kappa shape index (κ3) is 7.53. The molecular weight excluding hydrogens is 736 g/mol. The Hall–Kier alpha value is -5.51. The summed E-state index contributed by atoms with van der Waals surface area (Å²) in [7, 11) is 0. The van der Waals surface area contributed by atoms with Gasteiger partial charge in [0, 0.05) is 60.6 Å². The van der Waals surface area contributed by atoms with Crippen LogP contribution in [0.3, 0.4) is 0 Å². The Morgan fingerprint density at radius 3 is 1.82 bits per heavy atom. The first-order valence-electron chi connectivity index (χ1n) is 18.3. The van der Waals surface area contributed by atoms with Gasteiger partial charge in [0.15, 0.2) is 11.2 Å². The van der Waals surface area contributed by atoms with Gasteiger partial charge in [-0.25, -0.2) is 9.97 Å². The highest BCUT2D eigenvalue weighted by atomic mass is 19.3. The summed E-state index contributed by atoms with van der Waals surface area (Å²) >= 11 is 0. The summed E-state index contributed by atoms with van der Waals surface area (Å²) in [5, 5.41) is 9.66. The van der Waals surface area contributed by atoms with Crippen molar-refractivity contribution < 1.29 is 50.5 Å². The molecule has 56 heavy (non-hydrogen) atoms. The molecule has 4 heterocycles. The molecule has 4 aromatic carbocycles. The molecule has 8 rings (SSSR count). The van der Waals surface area contributed by atoms with Crippen LogP contribution in [0, 0.1) is 13.8 Å². The highest BCUT2D eigenvalue weighted by Gasteiger charge is 2.32. The molecule has 6 aromatic rings. The molecule has 0 amide bonds. The van der Waals surface area contributed by atoms with Crippen molar-refractivity contribution in [2.24, 2.45) is 0 Å². The number of likely N-dealkylation sites (tertiary alicyclic amines) is 1. The maximum atomic E-state index is 13.5. The number of aromatic nitrogens is 2. The second-order valence-electron chi connectivity index (χ2n) is 14.0. The number of carboxylic acid groups (broad SMARTS) is 1. The van der Waals surface area contributed by atoms with E-state index in [-0.39, 0.29) is 29.5 Å². The number of carbonyl (C=O) groups is 1. The maximum absolute atomic E-state index is 13.5. The van der Waals surface area contributed by atoms with Crippen molar-refractivity contribution in [2.75, 3.05) is 26.4 Å². The quantitative estimate of drug-likeness (QED) is 0.120. The van der Waals surface area contributed by atoms with E-state index in [0.717, 1.165) is 35.2 Å². The average Bonchev–Trinajstić information content (AvgIpc) is 3.91. The second-order valence-corrected chi connectivity index (χ2v) is 14.0. The van der Waals surface area contributed by atoms with Gasteiger partial charge in [0.25, 0.3) is 0 Å². The van der Waals surface area contributed by atoms with Crippen molar-refractivity contribution >= 4 is 28.2 Å². The molecule has 0 spiro atoms. The molecule has 2 aromatic heterocycles. The lowest BCUT2D eigenvalue weighted by molar-refractivity contribution is -0.142. The zero-order valence-electron chi connectivity index (χ0n) is 30.6. The van der Waals surface area contributed by atoms with E-state index in [1.807, 2.05) is 55.1 Å². The van der Waals surface area contributed by atoms with Crippen LogP contribution in [0.2, 0.25) is 0 Å². The minimum atomic E-state index is -3.09. The van der Waals surface area contributed by atoms with E-state index < -0.39 is 25.2 Å². The van der Waals surface area contributed by atoms with Gasteiger partial charge in [-0.1, -0.05) is 24.3 Å².